The predicted octanol–water partition coefficient (Wildman–Crippen LogP) is 1.68. The van der Waals surface area contributed by atoms with E-state index in [1.54, 1.807) is 18.5 Å². The molecule has 6 heteroatoms. The molecule has 0 radical (unpaired) electrons. The van der Waals surface area contributed by atoms with E-state index in [1.165, 1.54) is 5.56 Å². The number of aromatic nitrogens is 3. The summed E-state index contributed by atoms with van der Waals surface area (Å²) in [5, 5.41) is 11.0. The molecule has 5 nitrogen and oxygen atoms in total. The highest BCUT2D eigenvalue weighted by atomic mass is 32.1. The molecule has 0 spiro atoms. The smallest absolute Gasteiger partial charge is 0.159 e. The Morgan fingerprint density at radius 2 is 2.21 bits per heavy atom. The molecule has 2 aromatic heterocycles. The van der Waals surface area contributed by atoms with Crippen molar-refractivity contribution in [2.45, 2.75) is 19.9 Å². The molecule has 98 valence electrons. The van der Waals surface area contributed by atoms with Crippen molar-refractivity contribution in [3.8, 4) is 0 Å². The Labute approximate surface area is 117 Å². The van der Waals surface area contributed by atoms with Crippen LogP contribution < -0.4 is 11.1 Å². The molecule has 2 rings (SSSR count). The van der Waals surface area contributed by atoms with Gasteiger partial charge in [-0.15, -0.1) is 5.10 Å². The van der Waals surface area contributed by atoms with Crippen LogP contribution in [0.25, 0.3) is 0 Å². The maximum Gasteiger partial charge on any atom is 0.159 e. The number of rotatable bonds is 5. The third-order valence-corrected chi connectivity index (χ3v) is 2.99. The molecule has 0 fully saturated rings. The number of hydrogen-bond acceptors (Lipinski definition) is 5. The molecule has 0 aliphatic rings. The largest absolute Gasteiger partial charge is 0.389 e. The number of aryl methyl sites for hydroxylation is 1. The zero-order valence-corrected chi connectivity index (χ0v) is 11.4. The average Bonchev–Trinajstić information content (AvgIpc) is 2.45. The van der Waals surface area contributed by atoms with Crippen molar-refractivity contribution in [2.24, 2.45) is 5.73 Å². The van der Waals surface area contributed by atoms with E-state index in [2.05, 4.69) is 33.5 Å². The zero-order chi connectivity index (χ0) is 13.7. The van der Waals surface area contributed by atoms with Crippen LogP contribution in [0.15, 0.2) is 30.6 Å². The van der Waals surface area contributed by atoms with Gasteiger partial charge in [-0.25, -0.2) is 0 Å². The fourth-order valence-electron chi connectivity index (χ4n) is 1.78. The molecule has 2 aromatic rings. The molecule has 0 aliphatic heterocycles. The summed E-state index contributed by atoms with van der Waals surface area (Å²) in [6.45, 7) is 2.67. The number of anilines is 1. The van der Waals surface area contributed by atoms with E-state index in [-0.39, 0.29) is 0 Å². The van der Waals surface area contributed by atoms with Gasteiger partial charge in [-0.2, -0.15) is 5.10 Å². The minimum absolute atomic E-state index is 0.300. The van der Waals surface area contributed by atoms with Gasteiger partial charge in [-0.3, -0.25) is 4.98 Å². The summed E-state index contributed by atoms with van der Waals surface area (Å²) in [5.74, 6) is 0.586. The average molecular weight is 273 g/mol. The number of nitrogens with two attached hydrogens (primary N) is 1. The third kappa shape index (κ3) is 3.23. The molecule has 3 N–H and O–H groups in total. The minimum atomic E-state index is 0.300. The van der Waals surface area contributed by atoms with Crippen molar-refractivity contribution < 1.29 is 0 Å². The van der Waals surface area contributed by atoms with E-state index in [9.17, 15) is 0 Å². The fourth-order valence-corrected chi connectivity index (χ4v) is 1.95. The summed E-state index contributed by atoms with van der Waals surface area (Å²) in [5.41, 5.74) is 8.54. The van der Waals surface area contributed by atoms with E-state index in [0.717, 1.165) is 12.1 Å². The van der Waals surface area contributed by atoms with Crippen LogP contribution in [0.4, 0.5) is 5.82 Å². The molecule has 19 heavy (non-hydrogen) atoms. The van der Waals surface area contributed by atoms with Gasteiger partial charge in [0.05, 0.1) is 24.0 Å². The first-order valence-corrected chi connectivity index (χ1v) is 6.41. The quantitative estimate of drug-likeness (QED) is 0.807. The van der Waals surface area contributed by atoms with Gasteiger partial charge in [0.1, 0.15) is 4.99 Å². The van der Waals surface area contributed by atoms with Gasteiger partial charge < -0.3 is 11.1 Å². The second-order valence-corrected chi connectivity index (χ2v) is 4.41. The molecule has 0 saturated carbocycles. The third-order valence-electron chi connectivity index (χ3n) is 2.77. The normalized spacial score (nSPS) is 10.2. The molecule has 0 bridgehead atoms. The highest BCUT2D eigenvalue weighted by molar-refractivity contribution is 7.80. The topological polar surface area (TPSA) is 76.7 Å². The molecule has 0 saturated heterocycles. The predicted molar refractivity (Wildman–Crippen MR) is 78.9 cm³/mol. The van der Waals surface area contributed by atoms with E-state index in [0.29, 0.717) is 22.9 Å². The Bertz CT molecular complexity index is 585. The lowest BCUT2D eigenvalue weighted by molar-refractivity contribution is 0.943. The van der Waals surface area contributed by atoms with Gasteiger partial charge >= 0.3 is 0 Å². The Hall–Kier alpha value is -2.08. The van der Waals surface area contributed by atoms with Gasteiger partial charge in [-0.05, 0) is 24.1 Å². The molecule has 0 amide bonds. The van der Waals surface area contributed by atoms with Crippen molar-refractivity contribution in [1.82, 2.24) is 15.2 Å². The van der Waals surface area contributed by atoms with Gasteiger partial charge in [0.25, 0.3) is 0 Å². The fraction of sp³-hybridized carbons (Fsp3) is 0.231. The van der Waals surface area contributed by atoms with Crippen LogP contribution >= 0.6 is 12.2 Å². The van der Waals surface area contributed by atoms with Crippen LogP contribution in [0, 0.1) is 0 Å². The Morgan fingerprint density at radius 3 is 2.95 bits per heavy atom. The lowest BCUT2D eigenvalue weighted by Crippen LogP contribution is -2.15. The number of hydrogen-bond donors (Lipinski definition) is 2. The monoisotopic (exact) mass is 273 g/mol. The minimum Gasteiger partial charge on any atom is -0.389 e. The first-order chi connectivity index (χ1) is 9.22. The summed E-state index contributed by atoms with van der Waals surface area (Å²) >= 11 is 4.98. The van der Waals surface area contributed by atoms with E-state index in [4.69, 9.17) is 18.0 Å². The Kier molecular flexibility index (Phi) is 4.35. The lowest BCUT2D eigenvalue weighted by Gasteiger charge is -2.10. The lowest BCUT2D eigenvalue weighted by atomic mass is 10.1. The maximum absolute atomic E-state index is 5.65. The second kappa shape index (κ2) is 6.19. The van der Waals surface area contributed by atoms with Crippen LogP contribution in [0.3, 0.4) is 0 Å². The van der Waals surface area contributed by atoms with Crippen LogP contribution in [0.5, 0.6) is 0 Å². The molecule has 2 heterocycles. The number of thiocarbonyl (C=S) groups is 1. The molecule has 0 aromatic carbocycles. The number of nitrogens with zero attached hydrogens (tertiary/aromatic N) is 3. The van der Waals surface area contributed by atoms with E-state index in [1.807, 2.05) is 6.07 Å². The first kappa shape index (κ1) is 13.4. The van der Waals surface area contributed by atoms with Crippen LogP contribution in [-0.2, 0) is 13.0 Å². The zero-order valence-electron chi connectivity index (χ0n) is 10.6. The molecular formula is C13H15N5S. The first-order valence-electron chi connectivity index (χ1n) is 6.00. The summed E-state index contributed by atoms with van der Waals surface area (Å²) in [6.07, 6.45) is 4.28. The van der Waals surface area contributed by atoms with Crippen molar-refractivity contribution in [3.63, 3.8) is 0 Å². The Morgan fingerprint density at radius 1 is 1.37 bits per heavy atom. The molecule has 0 aliphatic carbocycles. The highest BCUT2D eigenvalue weighted by Crippen LogP contribution is 2.13. The van der Waals surface area contributed by atoms with E-state index < -0.39 is 0 Å². The van der Waals surface area contributed by atoms with Crippen molar-refractivity contribution in [2.75, 3.05) is 5.32 Å². The maximum atomic E-state index is 5.65. The van der Waals surface area contributed by atoms with Gasteiger partial charge in [0, 0.05) is 6.20 Å². The second-order valence-electron chi connectivity index (χ2n) is 3.97. The number of pyridine rings is 1. The van der Waals surface area contributed by atoms with E-state index >= 15 is 0 Å². The molecule has 0 atom stereocenters. The molecule has 0 unspecified atom stereocenters. The van der Waals surface area contributed by atoms with Gasteiger partial charge in [-0.1, -0.05) is 25.2 Å². The van der Waals surface area contributed by atoms with Gasteiger partial charge in [0.2, 0.25) is 0 Å². The van der Waals surface area contributed by atoms with Crippen LogP contribution in [0.1, 0.15) is 23.7 Å². The van der Waals surface area contributed by atoms with Crippen molar-refractivity contribution in [1.29, 1.82) is 0 Å². The Balaban J connectivity index is 2.17. The summed E-state index contributed by atoms with van der Waals surface area (Å²) < 4.78 is 0. The SMILES string of the molecule is CCc1cccnc1CNc1nnccc1C(N)=S. The van der Waals surface area contributed by atoms with Gasteiger partial charge in [0.15, 0.2) is 5.82 Å². The molecular weight excluding hydrogens is 258 g/mol. The van der Waals surface area contributed by atoms with Crippen molar-refractivity contribution >= 4 is 23.0 Å². The summed E-state index contributed by atoms with van der Waals surface area (Å²) in [6, 6.07) is 5.75. The summed E-state index contributed by atoms with van der Waals surface area (Å²) in [7, 11) is 0. The highest BCUT2D eigenvalue weighted by Gasteiger charge is 2.08. The summed E-state index contributed by atoms with van der Waals surface area (Å²) in [4.78, 5) is 4.66. The standard InChI is InChI=1S/C13H15N5S/c1-2-9-4-3-6-15-11(9)8-16-13-10(12(14)19)5-7-17-18-13/h3-7H,2,8H2,1H3,(H2,14,19)(H,16,18). The van der Waals surface area contributed by atoms with Crippen molar-refractivity contribution in [3.05, 3.63) is 47.4 Å². The number of nitrogens with one attached hydrogen (secondary N) is 1. The van der Waals surface area contributed by atoms with Crippen LogP contribution in [0.2, 0.25) is 0 Å². The van der Waals surface area contributed by atoms with Crippen LogP contribution in [-0.4, -0.2) is 20.2 Å².